The second-order valence-electron chi connectivity index (χ2n) is 5.02. The van der Waals surface area contributed by atoms with Gasteiger partial charge in [-0.25, -0.2) is 9.59 Å². The van der Waals surface area contributed by atoms with E-state index < -0.39 is 36.8 Å². The third-order valence-corrected chi connectivity index (χ3v) is 4.39. The molecule has 122 valence electrons. The zero-order chi connectivity index (χ0) is 16.5. The summed E-state index contributed by atoms with van der Waals surface area (Å²) >= 11 is 0. The van der Waals surface area contributed by atoms with E-state index in [0.29, 0.717) is 12.8 Å². The molecule has 1 aliphatic carbocycles. The number of nitrogens with one attached hydrogen (secondary N) is 1. The topological polar surface area (TPSA) is 159 Å². The van der Waals surface area contributed by atoms with Gasteiger partial charge in [-0.2, -0.15) is 0 Å². The Labute approximate surface area is 123 Å². The largest absolute Gasteiger partial charge is 0.479 e. The first-order chi connectivity index (χ1) is 10.2. The van der Waals surface area contributed by atoms with Crippen molar-refractivity contribution in [1.82, 2.24) is 9.55 Å². The molecule has 0 aromatic carbocycles. The minimum absolute atomic E-state index is 0.218. The number of aromatic amines is 1. The number of aromatic nitrogens is 2. The van der Waals surface area contributed by atoms with Gasteiger partial charge in [-0.3, -0.25) is 18.9 Å². The smallest absolute Gasteiger partial charge is 0.365 e. The lowest BCUT2D eigenvalue weighted by molar-refractivity contribution is -0.148. The quantitative estimate of drug-likeness (QED) is 0.511. The molecule has 1 fully saturated rings. The molecule has 1 aromatic rings. The molecule has 1 aliphatic rings. The van der Waals surface area contributed by atoms with Crippen molar-refractivity contribution in [2.75, 3.05) is 0 Å². The SMILES string of the molecule is O=C(O)C(OC1CCC(n2ccc(=O)[nH]c2=O)C1)P(=O)(O)O. The van der Waals surface area contributed by atoms with Crippen LogP contribution >= 0.6 is 7.60 Å². The van der Waals surface area contributed by atoms with Crippen molar-refractivity contribution < 1.29 is 29.0 Å². The lowest BCUT2D eigenvalue weighted by atomic mass is 10.2. The van der Waals surface area contributed by atoms with E-state index in [1.165, 1.54) is 16.8 Å². The van der Waals surface area contributed by atoms with Gasteiger partial charge >= 0.3 is 19.3 Å². The fraction of sp³-hybridized carbons (Fsp3) is 0.545. The van der Waals surface area contributed by atoms with Crippen LogP contribution < -0.4 is 11.2 Å². The Balaban J connectivity index is 2.09. The van der Waals surface area contributed by atoms with Crippen molar-refractivity contribution >= 4 is 13.6 Å². The Bertz CT molecular complexity index is 719. The van der Waals surface area contributed by atoms with Gasteiger partial charge in [-0.1, -0.05) is 0 Å². The molecule has 0 bridgehead atoms. The third kappa shape index (κ3) is 3.72. The predicted molar refractivity (Wildman–Crippen MR) is 72.6 cm³/mol. The highest BCUT2D eigenvalue weighted by Crippen LogP contribution is 2.44. The number of aliphatic carboxylic acids is 1. The fourth-order valence-electron chi connectivity index (χ4n) is 2.47. The zero-order valence-corrected chi connectivity index (χ0v) is 12.2. The van der Waals surface area contributed by atoms with Crippen molar-refractivity contribution in [3.05, 3.63) is 33.1 Å². The van der Waals surface area contributed by atoms with E-state index in [-0.39, 0.29) is 12.5 Å². The first-order valence-corrected chi connectivity index (χ1v) is 8.11. The molecule has 0 saturated heterocycles. The van der Waals surface area contributed by atoms with Gasteiger partial charge in [0.2, 0.25) is 0 Å². The van der Waals surface area contributed by atoms with Gasteiger partial charge in [0, 0.05) is 18.3 Å². The standard InChI is InChI=1S/C11H15N2O8P/c14-8-3-4-13(11(17)12-8)6-1-2-7(5-6)21-10(9(15)16)22(18,19)20/h3-4,6-7,10H,1-2,5H2,(H,15,16)(H,12,14,17)(H2,18,19,20). The molecule has 0 aliphatic heterocycles. The summed E-state index contributed by atoms with van der Waals surface area (Å²) in [6.07, 6.45) is 1.66. The molecule has 4 N–H and O–H groups in total. The van der Waals surface area contributed by atoms with Crippen LogP contribution in [0, 0.1) is 0 Å². The summed E-state index contributed by atoms with van der Waals surface area (Å²) in [6.45, 7) is 0. The van der Waals surface area contributed by atoms with Gasteiger partial charge in [0.15, 0.2) is 0 Å². The molecule has 1 saturated carbocycles. The van der Waals surface area contributed by atoms with Crippen molar-refractivity contribution in [1.29, 1.82) is 0 Å². The average Bonchev–Trinajstić information content (AvgIpc) is 2.82. The Morgan fingerprint density at radius 3 is 2.64 bits per heavy atom. The molecule has 3 unspecified atom stereocenters. The normalized spacial score (nSPS) is 23.4. The van der Waals surface area contributed by atoms with Crippen LogP contribution in [-0.2, 0) is 14.1 Å². The van der Waals surface area contributed by atoms with E-state index in [4.69, 9.17) is 19.6 Å². The molecule has 1 aromatic heterocycles. The van der Waals surface area contributed by atoms with Crippen LogP contribution in [-0.4, -0.2) is 42.4 Å². The number of nitrogens with zero attached hydrogens (tertiary/aromatic N) is 1. The van der Waals surface area contributed by atoms with Gasteiger partial charge in [0.1, 0.15) is 0 Å². The number of hydrogen-bond donors (Lipinski definition) is 4. The van der Waals surface area contributed by atoms with Crippen molar-refractivity contribution in [2.45, 2.75) is 37.3 Å². The van der Waals surface area contributed by atoms with E-state index in [9.17, 15) is 18.9 Å². The summed E-state index contributed by atoms with van der Waals surface area (Å²) in [5, 5.41) is 8.81. The van der Waals surface area contributed by atoms with Gasteiger partial charge in [-0.15, -0.1) is 0 Å². The molecule has 10 nitrogen and oxygen atoms in total. The molecule has 11 heteroatoms. The van der Waals surface area contributed by atoms with Crippen LogP contribution in [0.2, 0.25) is 0 Å². The number of carbonyl (C=O) groups is 1. The molecule has 1 heterocycles. The van der Waals surface area contributed by atoms with Crippen molar-refractivity contribution in [3.63, 3.8) is 0 Å². The molecule has 22 heavy (non-hydrogen) atoms. The molecule has 0 amide bonds. The van der Waals surface area contributed by atoms with Crippen LogP contribution in [0.3, 0.4) is 0 Å². The van der Waals surface area contributed by atoms with E-state index in [2.05, 4.69) is 4.98 Å². The van der Waals surface area contributed by atoms with Gasteiger partial charge in [0.05, 0.1) is 6.10 Å². The van der Waals surface area contributed by atoms with Crippen molar-refractivity contribution in [2.24, 2.45) is 0 Å². The summed E-state index contributed by atoms with van der Waals surface area (Å²) in [7, 11) is -4.93. The number of carboxylic acid groups (broad SMARTS) is 1. The zero-order valence-electron chi connectivity index (χ0n) is 11.3. The Kier molecular flexibility index (Phi) is 4.66. The summed E-state index contributed by atoms with van der Waals surface area (Å²) in [5.74, 6) is -3.96. The number of rotatable bonds is 5. The van der Waals surface area contributed by atoms with E-state index >= 15 is 0 Å². The minimum atomic E-state index is -4.93. The maximum atomic E-state index is 11.7. The Hall–Kier alpha value is -1.74. The maximum absolute atomic E-state index is 11.7. The molecule has 0 spiro atoms. The first-order valence-electron chi connectivity index (χ1n) is 6.43. The predicted octanol–water partition coefficient (Wildman–Crippen LogP) is -0.765. The molecular weight excluding hydrogens is 319 g/mol. The lowest BCUT2D eigenvalue weighted by Gasteiger charge is -2.20. The van der Waals surface area contributed by atoms with Gasteiger partial charge in [0.25, 0.3) is 11.4 Å². The summed E-state index contributed by atoms with van der Waals surface area (Å²) in [5.41, 5.74) is -1.12. The third-order valence-electron chi connectivity index (χ3n) is 3.44. The van der Waals surface area contributed by atoms with E-state index in [0.717, 1.165) is 0 Å². The van der Waals surface area contributed by atoms with Crippen LogP contribution in [0.15, 0.2) is 21.9 Å². The van der Waals surface area contributed by atoms with Gasteiger partial charge < -0.3 is 19.6 Å². The molecule has 3 atom stereocenters. The highest BCUT2D eigenvalue weighted by atomic mass is 31.2. The van der Waals surface area contributed by atoms with Crippen LogP contribution in [0.1, 0.15) is 25.3 Å². The molecular formula is C11H15N2O8P. The number of H-pyrrole nitrogens is 1. The number of hydrogen-bond acceptors (Lipinski definition) is 5. The molecule has 2 rings (SSSR count). The Morgan fingerprint density at radius 2 is 2.09 bits per heavy atom. The van der Waals surface area contributed by atoms with E-state index in [1.54, 1.807) is 0 Å². The summed E-state index contributed by atoms with van der Waals surface area (Å²) in [4.78, 5) is 53.6. The fourth-order valence-corrected chi connectivity index (χ4v) is 3.09. The van der Waals surface area contributed by atoms with Gasteiger partial charge in [-0.05, 0) is 19.3 Å². The number of ether oxygens (including phenoxy) is 1. The Morgan fingerprint density at radius 1 is 1.41 bits per heavy atom. The van der Waals surface area contributed by atoms with Crippen LogP contribution in [0.25, 0.3) is 0 Å². The highest BCUT2D eigenvalue weighted by Gasteiger charge is 2.40. The molecule has 0 radical (unpaired) electrons. The average molecular weight is 334 g/mol. The van der Waals surface area contributed by atoms with E-state index in [1.807, 2.05) is 0 Å². The van der Waals surface area contributed by atoms with Crippen LogP contribution in [0.4, 0.5) is 0 Å². The monoisotopic (exact) mass is 334 g/mol. The highest BCUT2D eigenvalue weighted by molar-refractivity contribution is 7.53. The second kappa shape index (κ2) is 6.17. The first kappa shape index (κ1) is 16.6. The summed E-state index contributed by atoms with van der Waals surface area (Å²) in [6, 6.07) is 0.853. The second-order valence-corrected chi connectivity index (χ2v) is 6.67. The maximum Gasteiger partial charge on any atom is 0.365 e. The minimum Gasteiger partial charge on any atom is -0.479 e. The van der Waals surface area contributed by atoms with Crippen molar-refractivity contribution in [3.8, 4) is 0 Å². The summed E-state index contributed by atoms with van der Waals surface area (Å²) < 4.78 is 17.4. The van der Waals surface area contributed by atoms with Crippen LogP contribution in [0.5, 0.6) is 0 Å². The lowest BCUT2D eigenvalue weighted by Crippen LogP contribution is -2.31. The number of carboxylic acids is 1.